The molecule has 82 valence electrons. The Morgan fingerprint density at radius 1 is 1.38 bits per heavy atom. The molecule has 16 heavy (non-hydrogen) atoms. The van der Waals surface area contributed by atoms with Crippen LogP contribution >= 0.6 is 0 Å². The first-order valence-corrected chi connectivity index (χ1v) is 5.47. The van der Waals surface area contributed by atoms with Crippen LogP contribution in [0.5, 0.6) is 0 Å². The van der Waals surface area contributed by atoms with E-state index in [0.29, 0.717) is 6.42 Å². The molecule has 2 nitrogen and oxygen atoms in total. The Hall–Kier alpha value is -1.83. The lowest BCUT2D eigenvalue weighted by Gasteiger charge is -1.98. The van der Waals surface area contributed by atoms with Gasteiger partial charge in [-0.25, -0.2) is 0 Å². The van der Waals surface area contributed by atoms with Crippen LogP contribution in [0.25, 0.3) is 6.08 Å². The predicted octanol–water partition coefficient (Wildman–Crippen LogP) is 2.67. The lowest BCUT2D eigenvalue weighted by molar-refractivity contribution is -0.115. The smallest absolute Gasteiger partial charge is 0.251 e. The highest BCUT2D eigenvalue weighted by atomic mass is 16.2. The monoisotopic (exact) mass is 213 g/mol. The van der Waals surface area contributed by atoms with E-state index < -0.39 is 0 Å². The summed E-state index contributed by atoms with van der Waals surface area (Å²) in [7, 11) is 0. The van der Waals surface area contributed by atoms with E-state index in [1.54, 1.807) is 0 Å². The van der Waals surface area contributed by atoms with Gasteiger partial charge in [0, 0.05) is 17.7 Å². The molecule has 1 aliphatic rings. The summed E-state index contributed by atoms with van der Waals surface area (Å²) in [5.41, 5.74) is 3.94. The normalized spacial score (nSPS) is 17.9. The number of hydrogen-bond acceptors (Lipinski definition) is 1. The van der Waals surface area contributed by atoms with Gasteiger partial charge in [0.2, 0.25) is 0 Å². The second kappa shape index (κ2) is 4.35. The minimum Gasteiger partial charge on any atom is -0.326 e. The van der Waals surface area contributed by atoms with E-state index >= 15 is 0 Å². The predicted molar refractivity (Wildman–Crippen MR) is 65.7 cm³/mol. The van der Waals surface area contributed by atoms with Gasteiger partial charge in [-0.2, -0.15) is 0 Å². The fourth-order valence-electron chi connectivity index (χ4n) is 1.76. The molecule has 1 heterocycles. The standard InChI is InChI=1S/C14H15NO/c1-3-11-4-6-12(7-5-11)9-13-8-10(2)15-14(13)16/h4-7,9H,2-3,8H2,1H3,(H,15,16)/b13-9+. The molecule has 0 aliphatic carbocycles. The molecule has 1 aromatic rings. The highest BCUT2D eigenvalue weighted by Crippen LogP contribution is 2.19. The first-order valence-electron chi connectivity index (χ1n) is 5.47. The third-order valence-corrected chi connectivity index (χ3v) is 2.71. The zero-order chi connectivity index (χ0) is 11.5. The number of carbonyl (C=O) groups is 1. The fourth-order valence-corrected chi connectivity index (χ4v) is 1.76. The van der Waals surface area contributed by atoms with Crippen molar-refractivity contribution in [3.05, 3.63) is 53.2 Å². The molecule has 1 amide bonds. The Labute approximate surface area is 95.7 Å². The molecular formula is C14H15NO. The summed E-state index contributed by atoms with van der Waals surface area (Å²) in [4.78, 5) is 11.5. The van der Waals surface area contributed by atoms with E-state index in [1.165, 1.54) is 5.56 Å². The lowest BCUT2D eigenvalue weighted by Crippen LogP contribution is -2.12. The van der Waals surface area contributed by atoms with E-state index in [2.05, 4.69) is 31.0 Å². The summed E-state index contributed by atoms with van der Waals surface area (Å²) in [6.07, 6.45) is 3.59. The van der Waals surface area contributed by atoms with Gasteiger partial charge in [0.15, 0.2) is 0 Å². The minimum atomic E-state index is -0.0235. The minimum absolute atomic E-state index is 0.0235. The van der Waals surface area contributed by atoms with Gasteiger partial charge in [0.05, 0.1) is 0 Å². The Morgan fingerprint density at radius 3 is 2.56 bits per heavy atom. The number of carbonyl (C=O) groups excluding carboxylic acids is 1. The summed E-state index contributed by atoms with van der Waals surface area (Å²) in [6, 6.07) is 8.27. The van der Waals surface area contributed by atoms with Crippen LogP contribution in [-0.2, 0) is 11.2 Å². The second-order valence-corrected chi connectivity index (χ2v) is 4.00. The number of aryl methyl sites for hydroxylation is 1. The van der Waals surface area contributed by atoms with Crippen molar-refractivity contribution in [2.45, 2.75) is 19.8 Å². The van der Waals surface area contributed by atoms with Gasteiger partial charge in [-0.15, -0.1) is 0 Å². The zero-order valence-corrected chi connectivity index (χ0v) is 9.42. The maximum absolute atomic E-state index is 11.5. The molecule has 0 radical (unpaired) electrons. The van der Waals surface area contributed by atoms with Gasteiger partial charge in [-0.1, -0.05) is 37.8 Å². The average molecular weight is 213 g/mol. The summed E-state index contributed by atoms with van der Waals surface area (Å²) in [5.74, 6) is -0.0235. The average Bonchev–Trinajstić information content (AvgIpc) is 2.59. The molecule has 2 rings (SSSR count). The van der Waals surface area contributed by atoms with Crippen LogP contribution in [0, 0.1) is 0 Å². The lowest BCUT2D eigenvalue weighted by atomic mass is 10.1. The molecular weight excluding hydrogens is 198 g/mol. The van der Waals surface area contributed by atoms with Crippen molar-refractivity contribution in [3.8, 4) is 0 Å². The Morgan fingerprint density at radius 2 is 2.06 bits per heavy atom. The molecule has 1 fully saturated rings. The van der Waals surface area contributed by atoms with Crippen LogP contribution in [0.2, 0.25) is 0 Å². The number of allylic oxidation sites excluding steroid dienone is 1. The Bertz CT molecular complexity index is 454. The molecule has 1 aliphatic heterocycles. The molecule has 0 aromatic heterocycles. The van der Waals surface area contributed by atoms with Gasteiger partial charge in [-0.3, -0.25) is 4.79 Å². The molecule has 0 spiro atoms. The van der Waals surface area contributed by atoms with Gasteiger partial charge in [0.25, 0.3) is 5.91 Å². The second-order valence-electron chi connectivity index (χ2n) is 4.00. The van der Waals surface area contributed by atoms with Crippen LogP contribution in [0.15, 0.2) is 42.1 Å². The molecule has 1 aromatic carbocycles. The van der Waals surface area contributed by atoms with Crippen molar-refractivity contribution >= 4 is 12.0 Å². The number of nitrogens with one attached hydrogen (secondary N) is 1. The van der Waals surface area contributed by atoms with Crippen LogP contribution in [-0.4, -0.2) is 5.91 Å². The van der Waals surface area contributed by atoms with Crippen molar-refractivity contribution in [3.63, 3.8) is 0 Å². The SMILES string of the molecule is C=C1C/C(=C\c2ccc(CC)cc2)C(=O)N1. The molecule has 1 N–H and O–H groups in total. The largest absolute Gasteiger partial charge is 0.326 e. The molecule has 0 saturated carbocycles. The number of amides is 1. The summed E-state index contributed by atoms with van der Waals surface area (Å²) in [6.45, 7) is 5.88. The van der Waals surface area contributed by atoms with Crippen molar-refractivity contribution in [1.82, 2.24) is 5.32 Å². The first kappa shape index (κ1) is 10.7. The third-order valence-electron chi connectivity index (χ3n) is 2.71. The zero-order valence-electron chi connectivity index (χ0n) is 9.42. The molecule has 0 unspecified atom stereocenters. The van der Waals surface area contributed by atoms with E-state index in [-0.39, 0.29) is 5.91 Å². The van der Waals surface area contributed by atoms with Gasteiger partial charge < -0.3 is 5.32 Å². The highest BCUT2D eigenvalue weighted by molar-refractivity contribution is 6.02. The molecule has 0 bridgehead atoms. The Kier molecular flexibility index (Phi) is 2.91. The van der Waals surface area contributed by atoms with E-state index in [4.69, 9.17) is 0 Å². The third kappa shape index (κ3) is 2.22. The summed E-state index contributed by atoms with van der Waals surface area (Å²) < 4.78 is 0. The number of benzene rings is 1. The van der Waals surface area contributed by atoms with Crippen molar-refractivity contribution in [2.24, 2.45) is 0 Å². The topological polar surface area (TPSA) is 29.1 Å². The molecule has 0 atom stereocenters. The summed E-state index contributed by atoms with van der Waals surface area (Å²) >= 11 is 0. The van der Waals surface area contributed by atoms with Crippen LogP contribution < -0.4 is 5.32 Å². The van der Waals surface area contributed by atoms with Gasteiger partial charge >= 0.3 is 0 Å². The molecule has 1 saturated heterocycles. The van der Waals surface area contributed by atoms with Crippen molar-refractivity contribution in [1.29, 1.82) is 0 Å². The van der Waals surface area contributed by atoms with Crippen LogP contribution in [0.4, 0.5) is 0 Å². The fraction of sp³-hybridized carbons (Fsp3) is 0.214. The van der Waals surface area contributed by atoms with Crippen LogP contribution in [0.1, 0.15) is 24.5 Å². The van der Waals surface area contributed by atoms with E-state index in [9.17, 15) is 4.79 Å². The van der Waals surface area contributed by atoms with Crippen molar-refractivity contribution < 1.29 is 4.79 Å². The number of rotatable bonds is 2. The van der Waals surface area contributed by atoms with Crippen LogP contribution in [0.3, 0.4) is 0 Å². The van der Waals surface area contributed by atoms with E-state index in [0.717, 1.165) is 23.3 Å². The maximum atomic E-state index is 11.5. The molecule has 2 heteroatoms. The maximum Gasteiger partial charge on any atom is 0.251 e. The van der Waals surface area contributed by atoms with Crippen molar-refractivity contribution in [2.75, 3.05) is 0 Å². The summed E-state index contributed by atoms with van der Waals surface area (Å²) in [5, 5.41) is 2.71. The van der Waals surface area contributed by atoms with Gasteiger partial charge in [-0.05, 0) is 23.6 Å². The van der Waals surface area contributed by atoms with E-state index in [1.807, 2.05) is 18.2 Å². The van der Waals surface area contributed by atoms with Gasteiger partial charge in [0.1, 0.15) is 0 Å². The number of hydrogen-bond donors (Lipinski definition) is 1. The highest BCUT2D eigenvalue weighted by Gasteiger charge is 2.18. The Balaban J connectivity index is 2.22. The quantitative estimate of drug-likeness (QED) is 0.752. The first-order chi connectivity index (χ1) is 7.69.